The fourth-order valence-corrected chi connectivity index (χ4v) is 0.582. The summed E-state index contributed by atoms with van der Waals surface area (Å²) in [6.07, 6.45) is -4.32. The highest BCUT2D eigenvalue weighted by atomic mass is 19.3. The molecule has 0 aliphatic heterocycles. The van der Waals surface area contributed by atoms with Crippen LogP contribution in [0, 0.1) is 0 Å². The first-order valence-electron chi connectivity index (χ1n) is 5.43. The van der Waals surface area contributed by atoms with E-state index in [9.17, 15) is 8.78 Å². The van der Waals surface area contributed by atoms with Gasteiger partial charge in [-0.25, -0.2) is 8.78 Å². The van der Waals surface area contributed by atoms with E-state index in [1.807, 2.05) is 0 Å². The Bertz CT molecular complexity index is 463. The highest BCUT2D eigenvalue weighted by Crippen LogP contribution is 2.16. The van der Waals surface area contributed by atoms with E-state index in [1.165, 1.54) is 0 Å². The van der Waals surface area contributed by atoms with Gasteiger partial charge in [0, 0.05) is 5.56 Å². The molecule has 0 aliphatic rings. The highest BCUT2D eigenvalue weighted by molar-refractivity contribution is 6.58. The second-order valence-electron chi connectivity index (χ2n) is 1.92. The second kappa shape index (κ2) is 3.64. The van der Waals surface area contributed by atoms with Crippen LogP contribution in [0.1, 0.15) is 18.8 Å². The van der Waals surface area contributed by atoms with Crippen LogP contribution in [-0.2, 0) is 0 Å². The van der Waals surface area contributed by atoms with Crippen LogP contribution < -0.4 is 5.46 Å². The summed E-state index contributed by atoms with van der Waals surface area (Å²) in [6.45, 7) is 0. The van der Waals surface area contributed by atoms with Crippen LogP contribution in [0.15, 0.2) is 24.2 Å². The Morgan fingerprint density at radius 3 is 2.67 bits per heavy atom. The summed E-state index contributed by atoms with van der Waals surface area (Å²) in [5.74, 6) is 0. The zero-order valence-corrected chi connectivity index (χ0v) is 5.73. The van der Waals surface area contributed by atoms with Gasteiger partial charge in [0.05, 0.1) is 5.48 Å². The van der Waals surface area contributed by atoms with Crippen molar-refractivity contribution < 1.29 is 25.7 Å². The maximum Gasteiger partial charge on any atom is 0.488 e. The van der Waals surface area contributed by atoms with Crippen molar-refractivity contribution in [3.05, 3.63) is 29.7 Å². The minimum Gasteiger partial charge on any atom is -0.423 e. The molecule has 1 aromatic rings. The van der Waals surface area contributed by atoms with Gasteiger partial charge in [0.15, 0.2) is 0 Å². The summed E-state index contributed by atoms with van der Waals surface area (Å²) < 4.78 is 61.1. The zero-order chi connectivity index (χ0) is 13.5. The third-order valence-corrected chi connectivity index (χ3v) is 1.09. The van der Waals surface area contributed by atoms with Gasteiger partial charge in [-0.1, -0.05) is 24.2 Å². The molecule has 2 N–H and O–H groups in total. The zero-order valence-electron chi connectivity index (χ0n) is 10.7. The van der Waals surface area contributed by atoms with Gasteiger partial charge in [-0.2, -0.15) is 0 Å². The number of alkyl halides is 2. The van der Waals surface area contributed by atoms with Crippen LogP contribution in [0.4, 0.5) is 8.78 Å². The molecule has 12 heavy (non-hydrogen) atoms. The van der Waals surface area contributed by atoms with Crippen LogP contribution in [0.25, 0.3) is 0 Å². The number of hydrogen-bond donors (Lipinski definition) is 2. The van der Waals surface area contributed by atoms with Crippen molar-refractivity contribution in [1.82, 2.24) is 0 Å². The van der Waals surface area contributed by atoms with Gasteiger partial charge in [0.1, 0.15) is 1.37 Å². The average Bonchev–Trinajstić information content (AvgIpc) is 2.11. The highest BCUT2D eigenvalue weighted by Gasteiger charge is 2.13. The maximum atomic E-state index is 12.9. The second-order valence-corrected chi connectivity index (χ2v) is 1.92. The monoisotopic (exact) mass is 177 g/mol. The molecule has 5 heteroatoms. The van der Waals surface area contributed by atoms with Gasteiger partial charge in [-0.15, -0.1) is 0 Å². The minimum absolute atomic E-state index is 0.886. The molecule has 0 saturated carbocycles. The topological polar surface area (TPSA) is 40.5 Å². The molecule has 0 aliphatic carbocycles. The van der Waals surface area contributed by atoms with Crippen molar-refractivity contribution >= 4 is 12.6 Å². The van der Waals surface area contributed by atoms with Gasteiger partial charge < -0.3 is 10.0 Å². The molecule has 0 amide bonds. The lowest BCUT2D eigenvalue weighted by Gasteiger charge is -2.02. The van der Waals surface area contributed by atoms with Crippen molar-refractivity contribution in [2.24, 2.45) is 0 Å². The summed E-state index contributed by atoms with van der Waals surface area (Å²) in [4.78, 5) is 0. The Balaban J connectivity index is 3.75. The van der Waals surface area contributed by atoms with Gasteiger partial charge >= 0.3 is 7.12 Å². The Labute approximate surface area is 75.6 Å². The lowest BCUT2D eigenvalue weighted by molar-refractivity contribution is 0.151. The van der Waals surface area contributed by atoms with E-state index < -0.39 is 48.7 Å². The summed E-state index contributed by atoms with van der Waals surface area (Å²) in [6, 6.07) is -4.18. The number of rotatable bonds is 2. The average molecular weight is 177 g/mol. The first-order chi connectivity index (χ1) is 7.59. The number of hydrogen-bond acceptors (Lipinski definition) is 2. The molecule has 64 valence electrons. The number of halogens is 2. The normalized spacial score (nSPS) is 17.2. The minimum atomic E-state index is -4.32. The van der Waals surface area contributed by atoms with E-state index in [4.69, 9.17) is 16.9 Å². The van der Waals surface area contributed by atoms with Crippen molar-refractivity contribution in [3.8, 4) is 0 Å². The van der Waals surface area contributed by atoms with E-state index in [1.54, 1.807) is 0 Å². The third-order valence-electron chi connectivity index (χ3n) is 1.09. The fourth-order valence-electron chi connectivity index (χ4n) is 0.582. The largest absolute Gasteiger partial charge is 0.488 e. The Morgan fingerprint density at radius 1 is 1.50 bits per heavy atom. The van der Waals surface area contributed by atoms with Crippen molar-refractivity contribution in [2.75, 3.05) is 0 Å². The van der Waals surface area contributed by atoms with Gasteiger partial charge in [0.2, 0.25) is 0 Å². The van der Waals surface area contributed by atoms with Crippen molar-refractivity contribution in [3.63, 3.8) is 0 Å². The molecule has 0 heterocycles. The van der Waals surface area contributed by atoms with E-state index in [0.717, 1.165) is 0 Å². The van der Waals surface area contributed by atoms with Gasteiger partial charge in [-0.3, -0.25) is 0 Å². The van der Waals surface area contributed by atoms with Crippen molar-refractivity contribution in [2.45, 2.75) is 6.40 Å². The Morgan fingerprint density at radius 2 is 2.17 bits per heavy atom. The molecule has 0 spiro atoms. The summed E-state index contributed by atoms with van der Waals surface area (Å²) >= 11 is 0. The molecule has 0 radical (unpaired) electrons. The maximum absolute atomic E-state index is 12.9. The summed E-state index contributed by atoms with van der Waals surface area (Å²) in [5, 5.41) is 17.7. The molecule has 1 rings (SSSR count). The quantitative estimate of drug-likeness (QED) is 0.638. The van der Waals surface area contributed by atoms with Crippen LogP contribution in [0.5, 0.6) is 0 Å². The van der Waals surface area contributed by atoms with Crippen LogP contribution in [0.3, 0.4) is 0 Å². The van der Waals surface area contributed by atoms with Gasteiger partial charge in [0.25, 0.3) is 6.40 Å². The fraction of sp³-hybridized carbons (Fsp3) is 0.143. The summed E-state index contributed by atoms with van der Waals surface area (Å²) in [7, 11) is -2.39. The van der Waals surface area contributed by atoms with E-state index in [0.29, 0.717) is 0 Å². The van der Waals surface area contributed by atoms with E-state index >= 15 is 0 Å². The van der Waals surface area contributed by atoms with Crippen LogP contribution in [-0.4, -0.2) is 17.2 Å². The standard InChI is InChI=1S/C7H7BF2O2/c9-7(10)5-2-1-3-6(4-5)8(11)12/h1-4,7,11-12H/i1D,2D,3D,4D,7D. The molecule has 0 unspecified atom stereocenters. The first kappa shape index (κ1) is 4.34. The molecule has 1 aromatic carbocycles. The molecule has 0 fully saturated rings. The number of benzene rings is 1. The lowest BCUT2D eigenvalue weighted by Crippen LogP contribution is -2.29. The Hall–Kier alpha value is -0.935. The molecule has 0 aromatic heterocycles. The lowest BCUT2D eigenvalue weighted by atomic mass is 9.80. The van der Waals surface area contributed by atoms with Crippen LogP contribution in [0.2, 0.25) is 0 Å². The van der Waals surface area contributed by atoms with Gasteiger partial charge in [-0.05, 0) is 5.46 Å². The smallest absolute Gasteiger partial charge is 0.423 e. The van der Waals surface area contributed by atoms with Crippen LogP contribution >= 0.6 is 0 Å². The molecule has 0 atom stereocenters. The molecule has 2 nitrogen and oxygen atoms in total. The summed E-state index contributed by atoms with van der Waals surface area (Å²) in [5.41, 5.74) is -2.32. The van der Waals surface area contributed by atoms with E-state index in [2.05, 4.69) is 0 Å². The third kappa shape index (κ3) is 2.02. The predicted octanol–water partition coefficient (Wildman–Crippen LogP) is 0.304. The molecule has 0 saturated heterocycles. The van der Waals surface area contributed by atoms with Crippen molar-refractivity contribution in [1.29, 1.82) is 0 Å². The predicted molar refractivity (Wildman–Crippen MR) is 41.2 cm³/mol. The SMILES string of the molecule is [2H]c1c([2H])c(B(O)O)c([2H])c(C([2H])(F)F)c1[2H]. The first-order valence-corrected chi connectivity index (χ1v) is 2.93. The molecular formula is C7H7BF2O2. The molecular weight excluding hydrogens is 165 g/mol. The molecule has 0 bridgehead atoms. The Kier molecular flexibility index (Phi) is 1.32. The van der Waals surface area contributed by atoms with E-state index in [-0.39, 0.29) is 0 Å².